The summed E-state index contributed by atoms with van der Waals surface area (Å²) in [4.78, 5) is 0. The van der Waals surface area contributed by atoms with Gasteiger partial charge in [-0.1, -0.05) is 0 Å². The van der Waals surface area contributed by atoms with Crippen LogP contribution in [0.25, 0.3) is 0 Å². The standard InChI is InChI=1S/C6H8F6O/c7-2-1-3-13-4-5(8,9)6(10,11)12/h1-4H2. The van der Waals surface area contributed by atoms with Crippen LogP contribution in [0.5, 0.6) is 0 Å². The molecule has 0 N–H and O–H groups in total. The van der Waals surface area contributed by atoms with Crippen molar-refractivity contribution in [3.63, 3.8) is 0 Å². The SMILES string of the molecule is FCCCOCC(F)(F)C(F)(F)F. The van der Waals surface area contributed by atoms with E-state index in [4.69, 9.17) is 0 Å². The Kier molecular flexibility index (Phi) is 4.52. The van der Waals surface area contributed by atoms with E-state index in [0.717, 1.165) is 0 Å². The van der Waals surface area contributed by atoms with Crippen LogP contribution in [0.2, 0.25) is 0 Å². The van der Waals surface area contributed by atoms with Gasteiger partial charge >= 0.3 is 12.1 Å². The molecule has 0 aromatic heterocycles. The molecule has 0 saturated carbocycles. The second-order valence-corrected chi connectivity index (χ2v) is 2.30. The van der Waals surface area contributed by atoms with Crippen molar-refractivity contribution in [1.82, 2.24) is 0 Å². The van der Waals surface area contributed by atoms with Crippen molar-refractivity contribution in [3.05, 3.63) is 0 Å². The fraction of sp³-hybridized carbons (Fsp3) is 1.00. The van der Waals surface area contributed by atoms with E-state index in [0.29, 0.717) is 0 Å². The third-order valence-corrected chi connectivity index (χ3v) is 1.12. The molecule has 0 radical (unpaired) electrons. The van der Waals surface area contributed by atoms with Crippen molar-refractivity contribution in [2.24, 2.45) is 0 Å². The summed E-state index contributed by atoms with van der Waals surface area (Å²) in [5, 5.41) is 0. The highest BCUT2D eigenvalue weighted by molar-refractivity contribution is 4.74. The van der Waals surface area contributed by atoms with Crippen LogP contribution in [-0.2, 0) is 4.74 Å². The lowest BCUT2D eigenvalue weighted by Gasteiger charge is -2.18. The fourth-order valence-electron chi connectivity index (χ4n) is 0.439. The number of alkyl halides is 6. The van der Waals surface area contributed by atoms with Crippen LogP contribution in [0.4, 0.5) is 26.3 Å². The van der Waals surface area contributed by atoms with Gasteiger partial charge in [0.05, 0.1) is 6.67 Å². The molecule has 0 bridgehead atoms. The van der Waals surface area contributed by atoms with Crippen LogP contribution in [0.1, 0.15) is 6.42 Å². The maximum absolute atomic E-state index is 12.0. The highest BCUT2D eigenvalue weighted by atomic mass is 19.4. The summed E-state index contributed by atoms with van der Waals surface area (Å²) in [6.45, 7) is -3.00. The van der Waals surface area contributed by atoms with Crippen LogP contribution in [-0.4, -0.2) is 32.0 Å². The summed E-state index contributed by atoms with van der Waals surface area (Å²) in [6, 6.07) is 0. The zero-order valence-electron chi connectivity index (χ0n) is 6.50. The zero-order chi connectivity index (χ0) is 10.5. The Morgan fingerprint density at radius 3 is 1.92 bits per heavy atom. The molecule has 0 amide bonds. The summed E-state index contributed by atoms with van der Waals surface area (Å²) >= 11 is 0. The smallest absolute Gasteiger partial charge is 0.375 e. The lowest BCUT2D eigenvalue weighted by atomic mass is 10.3. The monoisotopic (exact) mass is 210 g/mol. The Hall–Kier alpha value is -0.460. The molecule has 0 aliphatic rings. The first-order valence-electron chi connectivity index (χ1n) is 3.39. The second-order valence-electron chi connectivity index (χ2n) is 2.30. The first-order chi connectivity index (χ1) is 5.81. The van der Waals surface area contributed by atoms with Crippen LogP contribution in [0, 0.1) is 0 Å². The molecule has 13 heavy (non-hydrogen) atoms. The van der Waals surface area contributed by atoms with E-state index in [9.17, 15) is 26.3 Å². The van der Waals surface area contributed by atoms with E-state index in [2.05, 4.69) is 4.74 Å². The van der Waals surface area contributed by atoms with Crippen molar-refractivity contribution in [1.29, 1.82) is 0 Å². The highest BCUT2D eigenvalue weighted by Gasteiger charge is 2.57. The van der Waals surface area contributed by atoms with Crippen LogP contribution < -0.4 is 0 Å². The van der Waals surface area contributed by atoms with Crippen molar-refractivity contribution in [2.75, 3.05) is 19.9 Å². The third-order valence-electron chi connectivity index (χ3n) is 1.12. The summed E-state index contributed by atoms with van der Waals surface area (Å²) < 4.78 is 73.7. The molecule has 1 nitrogen and oxygen atoms in total. The van der Waals surface area contributed by atoms with Gasteiger partial charge in [0.15, 0.2) is 0 Å². The van der Waals surface area contributed by atoms with Crippen LogP contribution in [0.15, 0.2) is 0 Å². The Morgan fingerprint density at radius 2 is 1.54 bits per heavy atom. The van der Waals surface area contributed by atoms with Gasteiger partial charge in [0.25, 0.3) is 0 Å². The van der Waals surface area contributed by atoms with E-state index < -0.39 is 32.0 Å². The summed E-state index contributed by atoms with van der Waals surface area (Å²) in [5.74, 6) is -4.86. The van der Waals surface area contributed by atoms with Gasteiger partial charge in [-0.2, -0.15) is 22.0 Å². The van der Waals surface area contributed by atoms with E-state index in [-0.39, 0.29) is 6.42 Å². The van der Waals surface area contributed by atoms with Gasteiger partial charge in [-0.15, -0.1) is 0 Å². The lowest BCUT2D eigenvalue weighted by Crippen LogP contribution is -2.40. The Balaban J connectivity index is 3.77. The average Bonchev–Trinajstić information content (AvgIpc) is 1.96. The second kappa shape index (κ2) is 4.69. The summed E-state index contributed by atoms with van der Waals surface area (Å²) in [5.41, 5.74) is 0. The van der Waals surface area contributed by atoms with Crippen molar-refractivity contribution in [3.8, 4) is 0 Å². The Labute approximate surface area is 70.7 Å². The predicted octanol–water partition coefficient (Wildman–Crippen LogP) is 2.56. The fourth-order valence-corrected chi connectivity index (χ4v) is 0.439. The minimum atomic E-state index is -5.61. The van der Waals surface area contributed by atoms with Gasteiger partial charge in [0, 0.05) is 6.61 Å². The normalized spacial score (nSPS) is 13.4. The molecule has 0 aromatic rings. The number of rotatable bonds is 5. The minimum Gasteiger partial charge on any atom is -0.375 e. The Bertz CT molecular complexity index is 143. The molecule has 0 heterocycles. The molecular formula is C6H8F6O. The van der Waals surface area contributed by atoms with Crippen molar-refractivity contribution < 1.29 is 31.1 Å². The molecule has 0 saturated heterocycles. The lowest BCUT2D eigenvalue weighted by molar-refractivity contribution is -0.296. The molecular weight excluding hydrogens is 202 g/mol. The van der Waals surface area contributed by atoms with E-state index in [1.807, 2.05) is 0 Å². The molecule has 0 fully saturated rings. The maximum atomic E-state index is 12.0. The van der Waals surface area contributed by atoms with Gasteiger partial charge in [0.1, 0.15) is 6.61 Å². The third kappa shape index (κ3) is 4.35. The highest BCUT2D eigenvalue weighted by Crippen LogP contribution is 2.35. The zero-order valence-corrected chi connectivity index (χ0v) is 6.50. The molecule has 80 valence electrons. The topological polar surface area (TPSA) is 9.23 Å². The largest absolute Gasteiger partial charge is 0.455 e. The van der Waals surface area contributed by atoms with Gasteiger partial charge in [-0.25, -0.2) is 0 Å². The van der Waals surface area contributed by atoms with Gasteiger partial charge in [-0.05, 0) is 6.42 Å². The predicted molar refractivity (Wildman–Crippen MR) is 32.4 cm³/mol. The molecule has 0 rings (SSSR count). The Morgan fingerprint density at radius 1 is 1.00 bits per heavy atom. The quantitative estimate of drug-likeness (QED) is 0.500. The summed E-state index contributed by atoms with van der Waals surface area (Å²) in [6.07, 6.45) is -5.79. The van der Waals surface area contributed by atoms with Crippen molar-refractivity contribution >= 4 is 0 Å². The molecule has 0 spiro atoms. The van der Waals surface area contributed by atoms with E-state index in [1.54, 1.807) is 0 Å². The van der Waals surface area contributed by atoms with Gasteiger partial charge < -0.3 is 4.74 Å². The minimum absolute atomic E-state index is 0.187. The molecule has 7 heteroatoms. The molecule has 0 unspecified atom stereocenters. The number of hydrogen-bond acceptors (Lipinski definition) is 1. The molecule has 0 aliphatic carbocycles. The number of ether oxygens (including phenoxy) is 1. The maximum Gasteiger partial charge on any atom is 0.455 e. The molecule has 0 atom stereocenters. The molecule has 0 aromatic carbocycles. The van der Waals surface area contributed by atoms with Crippen LogP contribution >= 0.6 is 0 Å². The van der Waals surface area contributed by atoms with Crippen molar-refractivity contribution in [2.45, 2.75) is 18.5 Å². The van der Waals surface area contributed by atoms with E-state index in [1.165, 1.54) is 0 Å². The summed E-state index contributed by atoms with van der Waals surface area (Å²) in [7, 11) is 0. The number of hydrogen-bond donors (Lipinski definition) is 0. The number of halogens is 6. The first kappa shape index (κ1) is 12.5. The van der Waals surface area contributed by atoms with Gasteiger partial charge in [0.2, 0.25) is 0 Å². The van der Waals surface area contributed by atoms with Gasteiger partial charge in [-0.3, -0.25) is 4.39 Å². The van der Waals surface area contributed by atoms with Crippen LogP contribution in [0.3, 0.4) is 0 Å². The first-order valence-corrected chi connectivity index (χ1v) is 3.39. The average molecular weight is 210 g/mol. The van der Waals surface area contributed by atoms with E-state index >= 15 is 0 Å². The molecule has 0 aliphatic heterocycles.